The molecule has 0 saturated heterocycles. The molecular formula is C31H54O12. The summed E-state index contributed by atoms with van der Waals surface area (Å²) in [5.74, 6) is -6.10. The zero-order valence-electron chi connectivity index (χ0n) is 27.1. The number of carbonyl (C=O) groups is 5. The van der Waals surface area contributed by atoms with Crippen LogP contribution in [0.25, 0.3) is 0 Å². The van der Waals surface area contributed by atoms with Gasteiger partial charge in [0.2, 0.25) is 0 Å². The average Bonchev–Trinajstić information content (AvgIpc) is 2.88. The van der Waals surface area contributed by atoms with Crippen molar-refractivity contribution in [3.8, 4) is 0 Å². The highest BCUT2D eigenvalue weighted by molar-refractivity contribution is 5.77. The van der Waals surface area contributed by atoms with Crippen molar-refractivity contribution in [3.05, 3.63) is 0 Å². The Morgan fingerprint density at radius 2 is 0.977 bits per heavy atom. The summed E-state index contributed by atoms with van der Waals surface area (Å²) in [6.07, 6.45) is -2.47. The fourth-order valence-electron chi connectivity index (χ4n) is 4.86. The van der Waals surface area contributed by atoms with Crippen molar-refractivity contribution < 1.29 is 58.2 Å². The Morgan fingerprint density at radius 1 is 0.558 bits per heavy atom. The predicted molar refractivity (Wildman–Crippen MR) is 157 cm³/mol. The molecule has 0 aromatic heterocycles. The first kappa shape index (κ1) is 40.3. The maximum atomic E-state index is 13.1. The number of carbonyl (C=O) groups excluding carboxylic acids is 4. The van der Waals surface area contributed by atoms with Gasteiger partial charge in [-0.15, -0.1) is 0 Å². The van der Waals surface area contributed by atoms with Crippen molar-refractivity contribution in [1.29, 1.82) is 0 Å². The minimum atomic E-state index is -1.17. The Labute approximate surface area is 255 Å². The molecule has 0 aliphatic rings. The molecule has 0 heterocycles. The van der Waals surface area contributed by atoms with Crippen LogP contribution in [0.1, 0.15) is 113 Å². The van der Waals surface area contributed by atoms with Gasteiger partial charge in [-0.3, -0.25) is 24.0 Å². The molecule has 0 radical (unpaired) electrons. The second kappa shape index (κ2) is 21.1. The van der Waals surface area contributed by atoms with Crippen LogP contribution in [0.2, 0.25) is 0 Å². The van der Waals surface area contributed by atoms with E-state index in [1.54, 1.807) is 41.5 Å². The van der Waals surface area contributed by atoms with Crippen LogP contribution in [0.15, 0.2) is 0 Å². The first-order chi connectivity index (χ1) is 20.0. The van der Waals surface area contributed by atoms with E-state index in [1.807, 2.05) is 0 Å². The van der Waals surface area contributed by atoms with Crippen LogP contribution in [-0.2, 0) is 42.9 Å². The van der Waals surface area contributed by atoms with Gasteiger partial charge in [0.15, 0.2) is 0 Å². The van der Waals surface area contributed by atoms with E-state index in [0.717, 1.165) is 0 Å². The number of carboxylic acids is 1. The van der Waals surface area contributed by atoms with Gasteiger partial charge in [0.25, 0.3) is 0 Å². The number of ether oxygens (including phenoxy) is 4. The van der Waals surface area contributed by atoms with Gasteiger partial charge in [-0.1, -0.05) is 27.7 Å². The summed E-state index contributed by atoms with van der Waals surface area (Å²) in [5, 5.41) is 30.2. The molecule has 0 amide bonds. The van der Waals surface area contributed by atoms with Gasteiger partial charge < -0.3 is 34.3 Å². The van der Waals surface area contributed by atoms with E-state index in [-0.39, 0.29) is 44.9 Å². The summed E-state index contributed by atoms with van der Waals surface area (Å²) in [5.41, 5.74) is 0. The molecule has 0 saturated carbocycles. The lowest BCUT2D eigenvalue weighted by atomic mass is 9.86. The standard InChI is InChI=1S/C31H54O12/c1-9-23(31(39)43-28(17-26(35)11-3)14-20(6)41-22(8)33)15-24(29(36)37)12-18(4)30(38)42-27(16-25(34)10-2)13-19(5)40-21(7)32/h18-20,23-28,34-35H,9-17H2,1-8H3,(H,36,37). The van der Waals surface area contributed by atoms with Crippen LogP contribution >= 0.6 is 0 Å². The lowest BCUT2D eigenvalue weighted by Gasteiger charge is -2.27. The second-order valence-electron chi connectivity index (χ2n) is 11.5. The third-order valence-corrected chi connectivity index (χ3v) is 7.29. The van der Waals surface area contributed by atoms with Crippen LogP contribution in [0, 0.1) is 17.8 Å². The van der Waals surface area contributed by atoms with Gasteiger partial charge >= 0.3 is 29.8 Å². The normalized spacial score (nSPS) is 17.6. The molecule has 12 heteroatoms. The minimum absolute atomic E-state index is 0.0771. The fraction of sp³-hybridized carbons (Fsp3) is 0.839. The maximum Gasteiger partial charge on any atom is 0.309 e. The van der Waals surface area contributed by atoms with Crippen LogP contribution in [-0.4, -0.2) is 81.8 Å². The van der Waals surface area contributed by atoms with Crippen LogP contribution in [0.4, 0.5) is 0 Å². The number of hydrogen-bond acceptors (Lipinski definition) is 11. The molecular weight excluding hydrogens is 564 g/mol. The van der Waals surface area contributed by atoms with Gasteiger partial charge in [-0.05, 0) is 46.0 Å². The van der Waals surface area contributed by atoms with Gasteiger partial charge in [-0.2, -0.15) is 0 Å². The summed E-state index contributed by atoms with van der Waals surface area (Å²) < 4.78 is 21.6. The smallest absolute Gasteiger partial charge is 0.309 e. The maximum absolute atomic E-state index is 13.1. The summed E-state index contributed by atoms with van der Waals surface area (Å²) in [7, 11) is 0. The molecule has 3 N–H and O–H groups in total. The van der Waals surface area contributed by atoms with Crippen LogP contribution in [0.3, 0.4) is 0 Å². The van der Waals surface area contributed by atoms with E-state index < -0.39 is 84.2 Å². The predicted octanol–water partition coefficient (Wildman–Crippen LogP) is 3.96. The highest BCUT2D eigenvalue weighted by atomic mass is 16.6. The minimum Gasteiger partial charge on any atom is -0.481 e. The highest BCUT2D eigenvalue weighted by Gasteiger charge is 2.33. The van der Waals surface area contributed by atoms with E-state index in [1.165, 1.54) is 13.8 Å². The van der Waals surface area contributed by atoms with Crippen molar-refractivity contribution in [2.45, 2.75) is 150 Å². The summed E-state index contributed by atoms with van der Waals surface area (Å²) in [6, 6.07) is 0. The fourth-order valence-corrected chi connectivity index (χ4v) is 4.86. The number of rotatable bonds is 22. The van der Waals surface area contributed by atoms with Crippen molar-refractivity contribution in [3.63, 3.8) is 0 Å². The Morgan fingerprint density at radius 3 is 1.33 bits per heavy atom. The van der Waals surface area contributed by atoms with Gasteiger partial charge in [0.1, 0.15) is 24.4 Å². The molecule has 0 aliphatic carbocycles. The molecule has 0 aromatic rings. The topological polar surface area (TPSA) is 183 Å². The largest absolute Gasteiger partial charge is 0.481 e. The molecule has 0 bridgehead atoms. The second-order valence-corrected chi connectivity index (χ2v) is 11.5. The molecule has 0 fully saturated rings. The zero-order chi connectivity index (χ0) is 33.3. The molecule has 9 atom stereocenters. The summed E-state index contributed by atoms with van der Waals surface area (Å²) >= 11 is 0. The molecule has 43 heavy (non-hydrogen) atoms. The van der Waals surface area contributed by atoms with Gasteiger partial charge in [-0.25, -0.2) is 0 Å². The molecule has 250 valence electrons. The molecule has 9 unspecified atom stereocenters. The van der Waals surface area contributed by atoms with E-state index >= 15 is 0 Å². The third-order valence-electron chi connectivity index (χ3n) is 7.29. The van der Waals surface area contributed by atoms with Crippen LogP contribution < -0.4 is 0 Å². The Hall–Kier alpha value is -2.73. The monoisotopic (exact) mass is 618 g/mol. The molecule has 0 rings (SSSR count). The van der Waals surface area contributed by atoms with E-state index in [0.29, 0.717) is 12.8 Å². The van der Waals surface area contributed by atoms with Crippen LogP contribution in [0.5, 0.6) is 0 Å². The van der Waals surface area contributed by atoms with Crippen molar-refractivity contribution >= 4 is 29.8 Å². The first-order valence-electron chi connectivity index (χ1n) is 15.4. The van der Waals surface area contributed by atoms with Crippen molar-refractivity contribution in [2.75, 3.05) is 0 Å². The Balaban J connectivity index is 5.51. The van der Waals surface area contributed by atoms with E-state index in [9.17, 15) is 39.3 Å². The average molecular weight is 619 g/mol. The van der Waals surface area contributed by atoms with Crippen molar-refractivity contribution in [2.24, 2.45) is 17.8 Å². The molecule has 0 spiro atoms. The molecule has 0 aliphatic heterocycles. The number of hydrogen-bond donors (Lipinski definition) is 3. The Bertz CT molecular complexity index is 875. The zero-order valence-corrected chi connectivity index (χ0v) is 27.1. The summed E-state index contributed by atoms with van der Waals surface area (Å²) in [6.45, 7) is 12.7. The lowest BCUT2D eigenvalue weighted by Crippen LogP contribution is -2.33. The number of carboxylic acid groups (broad SMARTS) is 1. The van der Waals surface area contributed by atoms with Crippen molar-refractivity contribution in [1.82, 2.24) is 0 Å². The SMILES string of the molecule is CCC(O)CC(CC(C)OC(C)=O)OC(=O)C(C)CC(CC(CC)C(=O)OC(CC(O)CC)CC(C)OC(C)=O)C(=O)O. The number of aliphatic hydroxyl groups is 2. The quantitative estimate of drug-likeness (QED) is 0.117. The van der Waals surface area contributed by atoms with Gasteiger partial charge in [0.05, 0.1) is 30.0 Å². The molecule has 0 aromatic carbocycles. The number of esters is 4. The highest BCUT2D eigenvalue weighted by Crippen LogP contribution is 2.27. The Kier molecular flexibility index (Phi) is 19.7. The third kappa shape index (κ3) is 17.9. The molecule has 12 nitrogen and oxygen atoms in total. The van der Waals surface area contributed by atoms with E-state index in [4.69, 9.17) is 18.9 Å². The first-order valence-corrected chi connectivity index (χ1v) is 15.4. The van der Waals surface area contributed by atoms with E-state index in [2.05, 4.69) is 0 Å². The number of aliphatic carboxylic acids is 1. The van der Waals surface area contributed by atoms with Gasteiger partial charge in [0, 0.05) is 39.5 Å². The summed E-state index contributed by atoms with van der Waals surface area (Å²) in [4.78, 5) is 60.9. The number of aliphatic hydroxyl groups excluding tert-OH is 2. The lowest BCUT2D eigenvalue weighted by molar-refractivity contribution is -0.160.